The van der Waals surface area contributed by atoms with Crippen molar-refractivity contribution in [3.8, 4) is 0 Å². The van der Waals surface area contributed by atoms with Gasteiger partial charge in [-0.1, -0.05) is 43.3 Å². The lowest BCUT2D eigenvalue weighted by Crippen LogP contribution is -2.39. The molecule has 0 unspecified atom stereocenters. The number of carbonyl (C=O) groups excluding carboxylic acids is 1. The van der Waals surface area contributed by atoms with Crippen LogP contribution in [0, 0.1) is 0 Å². The van der Waals surface area contributed by atoms with Crippen molar-refractivity contribution in [2.24, 2.45) is 0 Å². The highest BCUT2D eigenvalue weighted by Gasteiger charge is 2.48. The maximum atomic E-state index is 12.8. The van der Waals surface area contributed by atoms with Crippen LogP contribution in [0.1, 0.15) is 37.8 Å². The van der Waals surface area contributed by atoms with Gasteiger partial charge in [0.05, 0.1) is 6.10 Å². The number of carbonyl (C=O) groups is 1. The molecule has 0 spiro atoms. The third-order valence-electron chi connectivity index (χ3n) is 4.73. The van der Waals surface area contributed by atoms with E-state index in [1.807, 2.05) is 26.0 Å². The Bertz CT molecular complexity index is 707. The lowest BCUT2D eigenvalue weighted by molar-refractivity contribution is -0.175. The minimum Gasteiger partial charge on any atom is -0.460 e. The number of hydrogen-bond donors (Lipinski definition) is 0. The normalized spacial score (nSPS) is 21.6. The number of aryl methyl sites for hydroxylation is 1. The molecule has 0 N–H and O–H groups in total. The van der Waals surface area contributed by atoms with Crippen LogP contribution in [-0.4, -0.2) is 19.2 Å². The van der Waals surface area contributed by atoms with E-state index in [2.05, 4.69) is 24.3 Å². The summed E-state index contributed by atoms with van der Waals surface area (Å²) >= 11 is 0. The summed E-state index contributed by atoms with van der Waals surface area (Å²) in [5.41, 5.74) is 1.20. The summed E-state index contributed by atoms with van der Waals surface area (Å²) in [6.45, 7) is 3.93. The third-order valence-corrected chi connectivity index (χ3v) is 4.73. The lowest BCUT2D eigenvalue weighted by Gasteiger charge is -2.29. The van der Waals surface area contributed by atoms with Gasteiger partial charge in [-0.05, 0) is 42.5 Å². The van der Waals surface area contributed by atoms with E-state index in [1.165, 1.54) is 5.56 Å². The number of methoxy groups -OCH3 is 1. The molecule has 0 aromatic heterocycles. The molecule has 0 saturated carbocycles. The molecular formula is C19H22O3. The van der Waals surface area contributed by atoms with E-state index in [0.717, 1.165) is 29.2 Å². The number of rotatable bonds is 4. The molecule has 2 aromatic carbocycles. The summed E-state index contributed by atoms with van der Waals surface area (Å²) in [4.78, 5) is 12.8. The van der Waals surface area contributed by atoms with Crippen molar-refractivity contribution in [3.63, 3.8) is 0 Å². The highest BCUT2D eigenvalue weighted by molar-refractivity contribution is 5.95. The molecule has 0 heterocycles. The van der Waals surface area contributed by atoms with Gasteiger partial charge in [-0.15, -0.1) is 0 Å². The van der Waals surface area contributed by atoms with Gasteiger partial charge in [0, 0.05) is 12.7 Å². The summed E-state index contributed by atoms with van der Waals surface area (Å²) in [5, 5.41) is 2.21. The maximum absolute atomic E-state index is 12.8. The van der Waals surface area contributed by atoms with Crippen LogP contribution in [0.4, 0.5) is 0 Å². The van der Waals surface area contributed by atoms with Crippen molar-refractivity contribution in [1.82, 2.24) is 0 Å². The van der Waals surface area contributed by atoms with Gasteiger partial charge in [-0.25, -0.2) is 4.79 Å². The first-order chi connectivity index (χ1) is 10.6. The van der Waals surface area contributed by atoms with Gasteiger partial charge >= 0.3 is 5.97 Å². The van der Waals surface area contributed by atoms with Crippen LogP contribution >= 0.6 is 0 Å². The SMILES string of the molecule is CC[C@H](C)OC(=O)[C@]1(OC)CCc2ccc3ccccc3c21. The topological polar surface area (TPSA) is 35.5 Å². The summed E-state index contributed by atoms with van der Waals surface area (Å²) in [5.74, 6) is -0.264. The van der Waals surface area contributed by atoms with E-state index >= 15 is 0 Å². The minimum absolute atomic E-state index is 0.0986. The second-order valence-electron chi connectivity index (χ2n) is 5.98. The van der Waals surface area contributed by atoms with E-state index in [0.29, 0.717) is 6.42 Å². The molecule has 0 amide bonds. The van der Waals surface area contributed by atoms with Gasteiger partial charge in [0.2, 0.25) is 0 Å². The van der Waals surface area contributed by atoms with E-state index < -0.39 is 5.60 Å². The zero-order valence-electron chi connectivity index (χ0n) is 13.4. The van der Waals surface area contributed by atoms with E-state index in [1.54, 1.807) is 7.11 Å². The molecule has 1 aliphatic carbocycles. The Morgan fingerprint density at radius 3 is 2.77 bits per heavy atom. The summed E-state index contributed by atoms with van der Waals surface area (Å²) in [6, 6.07) is 12.4. The first-order valence-corrected chi connectivity index (χ1v) is 7.89. The zero-order chi connectivity index (χ0) is 15.7. The maximum Gasteiger partial charge on any atom is 0.343 e. The third kappa shape index (κ3) is 2.20. The average Bonchev–Trinajstić information content (AvgIpc) is 2.95. The molecule has 0 aliphatic heterocycles. The molecule has 2 atom stereocenters. The quantitative estimate of drug-likeness (QED) is 0.801. The fourth-order valence-electron chi connectivity index (χ4n) is 3.29. The van der Waals surface area contributed by atoms with Crippen molar-refractivity contribution < 1.29 is 14.3 Å². The molecule has 1 aliphatic rings. The zero-order valence-corrected chi connectivity index (χ0v) is 13.4. The number of ether oxygens (including phenoxy) is 2. The van der Waals surface area contributed by atoms with Crippen LogP contribution in [-0.2, 0) is 26.3 Å². The Balaban J connectivity index is 2.14. The van der Waals surface area contributed by atoms with Gasteiger partial charge in [0.1, 0.15) is 0 Å². The molecule has 0 fully saturated rings. The largest absolute Gasteiger partial charge is 0.460 e. The Morgan fingerprint density at radius 1 is 1.27 bits per heavy atom. The van der Waals surface area contributed by atoms with Crippen LogP contribution in [0.3, 0.4) is 0 Å². The number of fused-ring (bicyclic) bond motifs is 3. The van der Waals surface area contributed by atoms with Crippen LogP contribution in [0.2, 0.25) is 0 Å². The van der Waals surface area contributed by atoms with Crippen LogP contribution < -0.4 is 0 Å². The first-order valence-electron chi connectivity index (χ1n) is 7.89. The van der Waals surface area contributed by atoms with Crippen molar-refractivity contribution in [1.29, 1.82) is 0 Å². The van der Waals surface area contributed by atoms with Gasteiger partial charge in [-0.2, -0.15) is 0 Å². The van der Waals surface area contributed by atoms with Crippen LogP contribution in [0.5, 0.6) is 0 Å². The van der Waals surface area contributed by atoms with Crippen LogP contribution in [0.25, 0.3) is 10.8 Å². The van der Waals surface area contributed by atoms with E-state index in [9.17, 15) is 4.79 Å². The Morgan fingerprint density at radius 2 is 2.05 bits per heavy atom. The Labute approximate surface area is 131 Å². The first kappa shape index (κ1) is 15.0. The van der Waals surface area contributed by atoms with Crippen molar-refractivity contribution >= 4 is 16.7 Å². The fraction of sp³-hybridized carbons (Fsp3) is 0.421. The number of benzene rings is 2. The molecule has 2 aromatic rings. The number of hydrogen-bond acceptors (Lipinski definition) is 3. The standard InChI is InChI=1S/C19H22O3/c1-4-13(2)22-18(20)19(21-3)12-11-15-10-9-14-7-5-6-8-16(14)17(15)19/h5-10,13H,4,11-12H2,1-3H3/t13-,19-/m0/s1. The molecule has 0 bridgehead atoms. The van der Waals surface area contributed by atoms with Gasteiger partial charge < -0.3 is 9.47 Å². The van der Waals surface area contributed by atoms with E-state index in [-0.39, 0.29) is 12.1 Å². The summed E-state index contributed by atoms with van der Waals surface area (Å²) in [7, 11) is 1.61. The van der Waals surface area contributed by atoms with Gasteiger partial charge in [-0.3, -0.25) is 0 Å². The number of esters is 1. The predicted molar refractivity (Wildman–Crippen MR) is 86.8 cm³/mol. The Kier molecular flexibility index (Phi) is 3.92. The second kappa shape index (κ2) is 5.73. The fourth-order valence-corrected chi connectivity index (χ4v) is 3.29. The van der Waals surface area contributed by atoms with Gasteiger partial charge in [0.15, 0.2) is 5.60 Å². The molecule has 0 radical (unpaired) electrons. The van der Waals surface area contributed by atoms with Crippen molar-refractivity contribution in [2.45, 2.75) is 44.8 Å². The van der Waals surface area contributed by atoms with Crippen LogP contribution in [0.15, 0.2) is 36.4 Å². The molecule has 22 heavy (non-hydrogen) atoms. The van der Waals surface area contributed by atoms with Crippen molar-refractivity contribution in [3.05, 3.63) is 47.5 Å². The highest BCUT2D eigenvalue weighted by Crippen LogP contribution is 2.44. The molecular weight excluding hydrogens is 276 g/mol. The average molecular weight is 298 g/mol. The lowest BCUT2D eigenvalue weighted by atomic mass is 9.90. The molecule has 3 heteroatoms. The molecule has 3 rings (SSSR count). The smallest absolute Gasteiger partial charge is 0.343 e. The van der Waals surface area contributed by atoms with Gasteiger partial charge in [0.25, 0.3) is 0 Å². The summed E-state index contributed by atoms with van der Waals surface area (Å²) in [6.07, 6.45) is 2.18. The molecule has 0 saturated heterocycles. The predicted octanol–water partition coefficient (Wildman–Crippen LogP) is 3.97. The Hall–Kier alpha value is -1.87. The minimum atomic E-state index is -0.973. The van der Waals surface area contributed by atoms with Crippen molar-refractivity contribution in [2.75, 3.05) is 7.11 Å². The summed E-state index contributed by atoms with van der Waals surface area (Å²) < 4.78 is 11.4. The monoisotopic (exact) mass is 298 g/mol. The highest BCUT2D eigenvalue weighted by atomic mass is 16.6. The van der Waals surface area contributed by atoms with E-state index in [4.69, 9.17) is 9.47 Å². The second-order valence-corrected chi connectivity index (χ2v) is 5.98. The molecule has 3 nitrogen and oxygen atoms in total. The molecule has 116 valence electrons.